The molecular formula is C20H18F3N3O2. The van der Waals surface area contributed by atoms with Crippen LogP contribution in [0.3, 0.4) is 0 Å². The van der Waals surface area contributed by atoms with Crippen LogP contribution in [0.1, 0.15) is 18.4 Å². The molecule has 8 heteroatoms. The molecule has 0 bridgehead atoms. The summed E-state index contributed by atoms with van der Waals surface area (Å²) in [5.41, 5.74) is 1.34. The van der Waals surface area contributed by atoms with Crippen molar-refractivity contribution in [3.63, 3.8) is 0 Å². The van der Waals surface area contributed by atoms with E-state index in [0.29, 0.717) is 37.2 Å². The highest BCUT2D eigenvalue weighted by molar-refractivity contribution is 5.94. The van der Waals surface area contributed by atoms with Crippen molar-refractivity contribution in [2.24, 2.45) is 5.92 Å². The molecule has 0 spiro atoms. The van der Waals surface area contributed by atoms with Gasteiger partial charge in [-0.1, -0.05) is 5.16 Å². The van der Waals surface area contributed by atoms with E-state index in [2.05, 4.69) is 10.5 Å². The highest BCUT2D eigenvalue weighted by Gasteiger charge is 2.30. The molecule has 1 aromatic heterocycles. The van der Waals surface area contributed by atoms with E-state index >= 15 is 0 Å². The largest absolute Gasteiger partial charge is 0.416 e. The number of fused-ring (bicyclic) bond motifs is 1. The number of benzene rings is 2. The van der Waals surface area contributed by atoms with E-state index in [1.54, 1.807) is 18.3 Å². The average Bonchev–Trinajstić information content (AvgIpc) is 3.15. The van der Waals surface area contributed by atoms with Crippen molar-refractivity contribution >= 4 is 28.3 Å². The highest BCUT2D eigenvalue weighted by Crippen LogP contribution is 2.31. The Morgan fingerprint density at radius 3 is 2.50 bits per heavy atom. The fourth-order valence-corrected chi connectivity index (χ4v) is 3.44. The summed E-state index contributed by atoms with van der Waals surface area (Å²) < 4.78 is 43.1. The molecule has 2 aromatic carbocycles. The number of nitrogens with one attached hydrogen (secondary N) is 1. The quantitative estimate of drug-likeness (QED) is 0.705. The van der Waals surface area contributed by atoms with Gasteiger partial charge in [0.15, 0.2) is 5.58 Å². The Morgan fingerprint density at radius 1 is 1.11 bits per heavy atom. The molecular weight excluding hydrogens is 371 g/mol. The van der Waals surface area contributed by atoms with Crippen molar-refractivity contribution in [3.05, 3.63) is 54.2 Å². The maximum Gasteiger partial charge on any atom is 0.416 e. The smallest absolute Gasteiger partial charge is 0.371 e. The zero-order valence-corrected chi connectivity index (χ0v) is 14.9. The van der Waals surface area contributed by atoms with E-state index in [0.717, 1.165) is 23.2 Å². The first kappa shape index (κ1) is 18.3. The molecule has 1 saturated heterocycles. The number of carbonyl (C=O) groups is 1. The van der Waals surface area contributed by atoms with E-state index in [4.69, 9.17) is 4.52 Å². The van der Waals surface area contributed by atoms with Gasteiger partial charge in [0.1, 0.15) is 0 Å². The van der Waals surface area contributed by atoms with Gasteiger partial charge in [0.25, 0.3) is 0 Å². The number of piperidine rings is 1. The van der Waals surface area contributed by atoms with E-state index in [1.165, 1.54) is 12.1 Å². The summed E-state index contributed by atoms with van der Waals surface area (Å²) >= 11 is 0. The SMILES string of the molecule is O=C(Nc1ccc2cnoc2c1)C1CCN(c2ccc(C(F)(F)F)cc2)CC1. The molecule has 146 valence electrons. The van der Waals surface area contributed by atoms with Gasteiger partial charge in [-0.05, 0) is 49.2 Å². The second-order valence-electron chi connectivity index (χ2n) is 6.87. The lowest BCUT2D eigenvalue weighted by Gasteiger charge is -2.33. The number of rotatable bonds is 3. The van der Waals surface area contributed by atoms with Crippen LogP contribution in [0.5, 0.6) is 0 Å². The van der Waals surface area contributed by atoms with Crippen molar-refractivity contribution in [2.45, 2.75) is 19.0 Å². The van der Waals surface area contributed by atoms with E-state index in [1.807, 2.05) is 11.0 Å². The number of anilines is 2. The lowest BCUT2D eigenvalue weighted by molar-refractivity contribution is -0.137. The Hall–Kier alpha value is -3.03. The van der Waals surface area contributed by atoms with Gasteiger partial charge in [0.05, 0.1) is 11.8 Å². The molecule has 3 aromatic rings. The van der Waals surface area contributed by atoms with Gasteiger partial charge in [-0.25, -0.2) is 0 Å². The molecule has 5 nitrogen and oxygen atoms in total. The first-order chi connectivity index (χ1) is 13.4. The van der Waals surface area contributed by atoms with Gasteiger partial charge in [-0.2, -0.15) is 13.2 Å². The maximum absolute atomic E-state index is 12.7. The van der Waals surface area contributed by atoms with Crippen LogP contribution < -0.4 is 10.2 Å². The van der Waals surface area contributed by atoms with Gasteiger partial charge in [-0.3, -0.25) is 4.79 Å². The van der Waals surface area contributed by atoms with Crippen LogP contribution in [-0.4, -0.2) is 24.2 Å². The Labute approximate surface area is 159 Å². The molecule has 0 radical (unpaired) electrons. The second kappa shape index (κ2) is 7.18. The van der Waals surface area contributed by atoms with Gasteiger partial charge >= 0.3 is 6.18 Å². The average molecular weight is 389 g/mol. The number of amides is 1. The predicted octanol–water partition coefficient (Wildman–Crippen LogP) is 4.70. The Bertz CT molecular complexity index is 974. The minimum absolute atomic E-state index is 0.0639. The number of alkyl halides is 3. The summed E-state index contributed by atoms with van der Waals surface area (Å²) in [7, 11) is 0. The maximum atomic E-state index is 12.7. The molecule has 1 N–H and O–H groups in total. The summed E-state index contributed by atoms with van der Waals surface area (Å²) in [6.45, 7) is 1.23. The van der Waals surface area contributed by atoms with Crippen molar-refractivity contribution in [2.75, 3.05) is 23.3 Å². The lowest BCUT2D eigenvalue weighted by atomic mass is 9.95. The monoisotopic (exact) mass is 389 g/mol. The summed E-state index contributed by atoms with van der Waals surface area (Å²) in [4.78, 5) is 14.5. The molecule has 1 aliphatic rings. The molecule has 0 atom stereocenters. The summed E-state index contributed by atoms with van der Waals surface area (Å²) in [6, 6.07) is 10.5. The van der Waals surface area contributed by atoms with Crippen LogP contribution in [0, 0.1) is 5.92 Å². The first-order valence-corrected chi connectivity index (χ1v) is 8.98. The first-order valence-electron chi connectivity index (χ1n) is 8.98. The Kier molecular flexibility index (Phi) is 4.70. The minimum atomic E-state index is -4.33. The van der Waals surface area contributed by atoms with Gasteiger partial charge in [0, 0.05) is 41.8 Å². The molecule has 0 unspecified atom stereocenters. The highest BCUT2D eigenvalue weighted by atomic mass is 19.4. The Balaban J connectivity index is 1.35. The number of halogens is 3. The second-order valence-corrected chi connectivity index (χ2v) is 6.87. The number of hydrogen-bond donors (Lipinski definition) is 1. The standard InChI is InChI=1S/C20H18F3N3O2/c21-20(22,23)15-2-5-17(6-3-15)26-9-7-13(8-10-26)19(27)25-16-4-1-14-12-24-28-18(14)11-16/h1-6,11-13H,7-10H2,(H,25,27). The normalized spacial score (nSPS) is 15.8. The van der Waals surface area contributed by atoms with Crippen LogP contribution in [0.15, 0.2) is 53.2 Å². The molecule has 4 rings (SSSR count). The van der Waals surface area contributed by atoms with E-state index in [-0.39, 0.29) is 11.8 Å². The molecule has 1 aliphatic heterocycles. The van der Waals surface area contributed by atoms with Gasteiger partial charge in [-0.15, -0.1) is 0 Å². The third-order valence-corrected chi connectivity index (χ3v) is 5.05. The van der Waals surface area contributed by atoms with Crippen molar-refractivity contribution in [3.8, 4) is 0 Å². The topological polar surface area (TPSA) is 58.4 Å². The lowest BCUT2D eigenvalue weighted by Crippen LogP contribution is -2.38. The van der Waals surface area contributed by atoms with E-state index < -0.39 is 11.7 Å². The minimum Gasteiger partial charge on any atom is -0.371 e. The Morgan fingerprint density at radius 2 is 1.82 bits per heavy atom. The number of hydrogen-bond acceptors (Lipinski definition) is 4. The summed E-state index contributed by atoms with van der Waals surface area (Å²) in [6.07, 6.45) is -1.45. The van der Waals surface area contributed by atoms with Crippen LogP contribution in [0.4, 0.5) is 24.5 Å². The van der Waals surface area contributed by atoms with Crippen molar-refractivity contribution in [1.29, 1.82) is 0 Å². The molecule has 28 heavy (non-hydrogen) atoms. The third kappa shape index (κ3) is 3.81. The zero-order valence-electron chi connectivity index (χ0n) is 14.9. The van der Waals surface area contributed by atoms with Gasteiger partial charge < -0.3 is 14.7 Å². The molecule has 2 heterocycles. The predicted molar refractivity (Wildman–Crippen MR) is 99.0 cm³/mol. The zero-order chi connectivity index (χ0) is 19.7. The van der Waals surface area contributed by atoms with Gasteiger partial charge in [0.2, 0.25) is 5.91 Å². The van der Waals surface area contributed by atoms with E-state index in [9.17, 15) is 18.0 Å². The van der Waals surface area contributed by atoms with Crippen LogP contribution in [0.2, 0.25) is 0 Å². The fourth-order valence-electron chi connectivity index (χ4n) is 3.44. The molecule has 0 aliphatic carbocycles. The molecule has 0 saturated carbocycles. The number of aromatic nitrogens is 1. The van der Waals surface area contributed by atoms with Crippen LogP contribution in [0.25, 0.3) is 11.0 Å². The van der Waals surface area contributed by atoms with Crippen LogP contribution >= 0.6 is 0 Å². The van der Waals surface area contributed by atoms with Crippen molar-refractivity contribution < 1.29 is 22.5 Å². The number of carbonyl (C=O) groups excluding carboxylic acids is 1. The third-order valence-electron chi connectivity index (χ3n) is 5.05. The molecule has 1 fully saturated rings. The van der Waals surface area contributed by atoms with Crippen molar-refractivity contribution in [1.82, 2.24) is 5.16 Å². The summed E-state index contributed by atoms with van der Waals surface area (Å²) in [5, 5.41) is 7.48. The summed E-state index contributed by atoms with van der Waals surface area (Å²) in [5.74, 6) is -0.206. The fraction of sp³-hybridized carbons (Fsp3) is 0.300. The van der Waals surface area contributed by atoms with Crippen LogP contribution in [-0.2, 0) is 11.0 Å². The molecule has 1 amide bonds. The number of nitrogens with zero attached hydrogens (tertiary/aromatic N) is 2.